The van der Waals surface area contributed by atoms with Crippen LogP contribution in [-0.2, 0) is 28.9 Å². The number of rotatable bonds is 10. The van der Waals surface area contributed by atoms with Gasteiger partial charge in [-0.15, -0.1) is 0 Å². The standard InChI is InChI=1S/C22H25N3O3.C10H10N2O2/c1-3-28-22-13-17-15(12-21(22)27-2)10-11-25(14-26)20(17)9-8-19-16-6-4-5-7-18(16)23-24-19;13-10(14)6-5-9-7-3-1-2-4-8(7)11-12-9/h4-7,12-14,20H,3,8-11H2,1-2H3,(H,23,24);1-4H,5-6H2,(H,11,12)(H,13,14). The van der Waals surface area contributed by atoms with Crippen LogP contribution in [0.3, 0.4) is 0 Å². The molecular weight excluding hydrogens is 534 g/mol. The topological polar surface area (TPSA) is 133 Å². The number of aryl methyl sites for hydroxylation is 2. The van der Waals surface area contributed by atoms with Gasteiger partial charge < -0.3 is 19.5 Å². The fourth-order valence-corrected chi connectivity index (χ4v) is 5.53. The highest BCUT2D eigenvalue weighted by molar-refractivity contribution is 5.82. The molecule has 0 spiro atoms. The molecule has 1 aliphatic rings. The highest BCUT2D eigenvalue weighted by atomic mass is 16.5. The number of amides is 1. The normalized spacial score (nSPS) is 14.2. The summed E-state index contributed by atoms with van der Waals surface area (Å²) < 4.78 is 11.3. The predicted molar refractivity (Wildman–Crippen MR) is 160 cm³/mol. The van der Waals surface area contributed by atoms with E-state index < -0.39 is 5.97 Å². The van der Waals surface area contributed by atoms with E-state index >= 15 is 0 Å². The minimum Gasteiger partial charge on any atom is -0.493 e. The summed E-state index contributed by atoms with van der Waals surface area (Å²) in [7, 11) is 1.66. The first-order valence-corrected chi connectivity index (χ1v) is 14.1. The smallest absolute Gasteiger partial charge is 0.303 e. The second-order valence-electron chi connectivity index (χ2n) is 10.1. The van der Waals surface area contributed by atoms with Crippen molar-refractivity contribution in [1.82, 2.24) is 25.3 Å². The molecule has 10 heteroatoms. The Hall–Kier alpha value is -4.86. The minimum atomic E-state index is -0.788. The van der Waals surface area contributed by atoms with Gasteiger partial charge in [0.05, 0.1) is 37.2 Å². The third-order valence-corrected chi connectivity index (χ3v) is 7.60. The van der Waals surface area contributed by atoms with E-state index in [-0.39, 0.29) is 12.5 Å². The Kier molecular flexibility index (Phi) is 9.01. The van der Waals surface area contributed by atoms with E-state index in [0.717, 1.165) is 75.9 Å². The van der Waals surface area contributed by atoms with Crippen LogP contribution < -0.4 is 9.47 Å². The zero-order valence-electron chi connectivity index (χ0n) is 23.8. The first-order valence-electron chi connectivity index (χ1n) is 14.1. The van der Waals surface area contributed by atoms with Crippen molar-refractivity contribution in [3.05, 3.63) is 83.2 Å². The van der Waals surface area contributed by atoms with Crippen LogP contribution in [0.4, 0.5) is 0 Å². The summed E-state index contributed by atoms with van der Waals surface area (Å²) in [6.07, 6.45) is 4.03. The van der Waals surface area contributed by atoms with Gasteiger partial charge in [0.25, 0.3) is 0 Å². The van der Waals surface area contributed by atoms with Crippen LogP contribution in [0, 0.1) is 0 Å². The van der Waals surface area contributed by atoms with Crippen molar-refractivity contribution in [3.8, 4) is 11.5 Å². The number of hydrogen-bond acceptors (Lipinski definition) is 6. The predicted octanol–water partition coefficient (Wildman–Crippen LogP) is 5.24. The van der Waals surface area contributed by atoms with Crippen LogP contribution in [0.15, 0.2) is 60.7 Å². The van der Waals surface area contributed by atoms with Crippen LogP contribution in [0.2, 0.25) is 0 Å². The maximum absolute atomic E-state index is 11.7. The molecular formula is C32H35N5O5. The molecule has 0 fully saturated rings. The third kappa shape index (κ3) is 6.22. The van der Waals surface area contributed by atoms with E-state index in [1.807, 2.05) is 60.4 Å². The van der Waals surface area contributed by atoms with Crippen LogP contribution in [-0.4, -0.2) is 63.0 Å². The van der Waals surface area contributed by atoms with Gasteiger partial charge in [0.2, 0.25) is 6.41 Å². The fourth-order valence-electron chi connectivity index (χ4n) is 5.53. The largest absolute Gasteiger partial charge is 0.493 e. The van der Waals surface area contributed by atoms with E-state index in [4.69, 9.17) is 14.6 Å². The second kappa shape index (κ2) is 13.2. The molecule has 0 saturated carbocycles. The lowest BCUT2D eigenvalue weighted by molar-refractivity contribution is -0.137. The summed E-state index contributed by atoms with van der Waals surface area (Å²) >= 11 is 0. The zero-order chi connectivity index (χ0) is 29.5. The van der Waals surface area contributed by atoms with Gasteiger partial charge in [-0.1, -0.05) is 36.4 Å². The molecule has 2 aromatic heterocycles. The number of aliphatic carboxylic acids is 1. The average molecular weight is 570 g/mol. The molecule has 0 saturated heterocycles. The molecule has 5 aromatic rings. The van der Waals surface area contributed by atoms with Crippen LogP contribution in [0.1, 0.15) is 48.3 Å². The van der Waals surface area contributed by atoms with Crippen molar-refractivity contribution < 1.29 is 24.2 Å². The van der Waals surface area contributed by atoms with E-state index in [0.29, 0.717) is 19.6 Å². The van der Waals surface area contributed by atoms with Gasteiger partial charge in [0, 0.05) is 35.1 Å². The first kappa shape index (κ1) is 28.7. The summed E-state index contributed by atoms with van der Waals surface area (Å²) in [5.74, 6) is 0.690. The number of carbonyl (C=O) groups excluding carboxylic acids is 1. The first-order chi connectivity index (χ1) is 20.5. The Morgan fingerprint density at radius 3 is 2.24 bits per heavy atom. The van der Waals surface area contributed by atoms with E-state index in [9.17, 15) is 9.59 Å². The molecule has 3 aromatic carbocycles. The lowest BCUT2D eigenvalue weighted by Gasteiger charge is -2.35. The number of carboxylic acids is 1. The monoisotopic (exact) mass is 569 g/mol. The van der Waals surface area contributed by atoms with Gasteiger partial charge >= 0.3 is 5.97 Å². The molecule has 6 rings (SSSR count). The van der Waals surface area contributed by atoms with Crippen LogP contribution in [0.25, 0.3) is 21.8 Å². The molecule has 0 radical (unpaired) electrons. The number of fused-ring (bicyclic) bond motifs is 3. The summed E-state index contributed by atoms with van der Waals surface area (Å²) in [5.41, 5.74) is 6.21. The molecule has 1 aliphatic heterocycles. The maximum atomic E-state index is 11.7. The number of H-pyrrole nitrogens is 2. The maximum Gasteiger partial charge on any atom is 0.303 e. The molecule has 218 valence electrons. The van der Waals surface area contributed by atoms with Crippen LogP contribution in [0.5, 0.6) is 11.5 Å². The number of aromatic amines is 2. The van der Waals surface area contributed by atoms with Gasteiger partial charge in [-0.25, -0.2) is 0 Å². The third-order valence-electron chi connectivity index (χ3n) is 7.60. The molecule has 3 N–H and O–H groups in total. The van der Waals surface area contributed by atoms with Crippen molar-refractivity contribution in [2.24, 2.45) is 0 Å². The van der Waals surface area contributed by atoms with Crippen molar-refractivity contribution in [3.63, 3.8) is 0 Å². The van der Waals surface area contributed by atoms with Crippen LogP contribution >= 0.6 is 0 Å². The highest BCUT2D eigenvalue weighted by Gasteiger charge is 2.28. The number of carboxylic acid groups (broad SMARTS) is 1. The number of benzene rings is 3. The van der Waals surface area contributed by atoms with E-state index in [1.165, 1.54) is 5.56 Å². The number of nitrogens with one attached hydrogen (secondary N) is 2. The van der Waals surface area contributed by atoms with Gasteiger partial charge in [0.15, 0.2) is 11.5 Å². The molecule has 42 heavy (non-hydrogen) atoms. The second-order valence-corrected chi connectivity index (χ2v) is 10.1. The number of nitrogens with zero attached hydrogens (tertiary/aromatic N) is 3. The fraction of sp³-hybridized carbons (Fsp3) is 0.312. The zero-order valence-corrected chi connectivity index (χ0v) is 23.8. The Morgan fingerprint density at radius 1 is 1.00 bits per heavy atom. The summed E-state index contributed by atoms with van der Waals surface area (Å²) in [4.78, 5) is 24.0. The van der Waals surface area contributed by atoms with Gasteiger partial charge in [0.1, 0.15) is 0 Å². The van der Waals surface area contributed by atoms with Crippen molar-refractivity contribution in [2.45, 2.75) is 45.1 Å². The SMILES string of the molecule is CCOc1cc2c(cc1OC)CCN(C=O)C2CCc1[nH]nc2ccccc12.O=C(O)CCc1[nH]nc2ccccc12. The van der Waals surface area contributed by atoms with Crippen molar-refractivity contribution in [1.29, 1.82) is 0 Å². The Morgan fingerprint density at radius 2 is 1.64 bits per heavy atom. The van der Waals surface area contributed by atoms with Gasteiger partial charge in [-0.2, -0.15) is 10.2 Å². The van der Waals surface area contributed by atoms with E-state index in [1.54, 1.807) is 7.11 Å². The molecule has 0 aliphatic carbocycles. The summed E-state index contributed by atoms with van der Waals surface area (Å²) in [6, 6.07) is 19.9. The quantitative estimate of drug-likeness (QED) is 0.196. The lowest BCUT2D eigenvalue weighted by atomic mass is 9.89. The number of ether oxygens (including phenoxy) is 2. The summed E-state index contributed by atoms with van der Waals surface area (Å²) in [5, 5.41) is 25.2. The number of para-hydroxylation sites is 2. The Balaban J connectivity index is 0.000000211. The Bertz CT molecular complexity index is 1680. The minimum absolute atomic E-state index is 0.00780. The number of hydrogen-bond donors (Lipinski definition) is 3. The molecule has 10 nitrogen and oxygen atoms in total. The van der Waals surface area contributed by atoms with Gasteiger partial charge in [-0.3, -0.25) is 19.8 Å². The summed E-state index contributed by atoms with van der Waals surface area (Å²) in [6.45, 7) is 3.23. The molecule has 3 heterocycles. The molecule has 0 bridgehead atoms. The number of aromatic nitrogens is 4. The molecule has 1 unspecified atom stereocenters. The van der Waals surface area contributed by atoms with Crippen molar-refractivity contribution >= 4 is 34.2 Å². The number of methoxy groups -OCH3 is 1. The van der Waals surface area contributed by atoms with E-state index in [2.05, 4.69) is 32.5 Å². The van der Waals surface area contributed by atoms with Crippen molar-refractivity contribution in [2.75, 3.05) is 20.3 Å². The Labute approximate surface area is 243 Å². The highest BCUT2D eigenvalue weighted by Crippen LogP contribution is 2.39. The molecule has 1 amide bonds. The average Bonchev–Trinajstić information content (AvgIpc) is 3.63. The van der Waals surface area contributed by atoms with Gasteiger partial charge in [-0.05, 0) is 61.6 Å². The molecule has 1 atom stereocenters. The lowest BCUT2D eigenvalue weighted by Crippen LogP contribution is -2.34. The number of carbonyl (C=O) groups is 2.